The number of rotatable bonds is 4. The van der Waals surface area contributed by atoms with Crippen molar-refractivity contribution in [2.24, 2.45) is 0 Å². The van der Waals surface area contributed by atoms with Crippen molar-refractivity contribution in [3.63, 3.8) is 0 Å². The van der Waals surface area contributed by atoms with Gasteiger partial charge in [0.25, 0.3) is 17.5 Å². The van der Waals surface area contributed by atoms with Crippen LogP contribution in [0, 0.1) is 21.7 Å². The van der Waals surface area contributed by atoms with E-state index < -0.39 is 43.9 Å². The topological polar surface area (TPSA) is 118 Å². The first kappa shape index (κ1) is 22.3. The van der Waals surface area contributed by atoms with Gasteiger partial charge in [-0.05, 0) is 24.3 Å². The quantitative estimate of drug-likeness (QED) is 0.515. The second kappa shape index (κ2) is 8.38. The summed E-state index contributed by atoms with van der Waals surface area (Å²) in [4.78, 5) is 38.0. The first-order valence-electron chi connectivity index (χ1n) is 9.00. The van der Waals surface area contributed by atoms with E-state index in [4.69, 9.17) is 0 Å². The molecule has 2 aromatic carbocycles. The third-order valence-electron chi connectivity index (χ3n) is 4.80. The van der Waals surface area contributed by atoms with E-state index in [1.165, 1.54) is 9.80 Å². The lowest BCUT2D eigenvalue weighted by Crippen LogP contribution is -2.50. The fourth-order valence-corrected chi connectivity index (χ4v) is 3.81. The summed E-state index contributed by atoms with van der Waals surface area (Å²) in [7, 11) is -3.79. The Balaban J connectivity index is 1.75. The normalized spacial score (nSPS) is 14.4. The van der Waals surface area contributed by atoms with Crippen LogP contribution in [0.4, 0.5) is 14.5 Å². The highest BCUT2D eigenvalue weighted by molar-refractivity contribution is 7.90. The lowest BCUT2D eigenvalue weighted by molar-refractivity contribution is -0.385. The van der Waals surface area contributed by atoms with E-state index in [-0.39, 0.29) is 42.2 Å². The number of amides is 2. The van der Waals surface area contributed by atoms with Crippen LogP contribution in [0.25, 0.3) is 0 Å². The van der Waals surface area contributed by atoms with E-state index in [2.05, 4.69) is 0 Å². The van der Waals surface area contributed by atoms with Gasteiger partial charge in [-0.3, -0.25) is 19.7 Å². The molecule has 1 heterocycles. The second-order valence-corrected chi connectivity index (χ2v) is 8.97. The number of hydrogen-bond donors (Lipinski definition) is 0. The molecule has 0 radical (unpaired) electrons. The summed E-state index contributed by atoms with van der Waals surface area (Å²) in [5.41, 5.74) is -0.719. The zero-order chi connectivity index (χ0) is 22.9. The molecule has 0 saturated carbocycles. The highest BCUT2D eigenvalue weighted by atomic mass is 32.2. The Kier molecular flexibility index (Phi) is 6.02. The molecule has 9 nitrogen and oxygen atoms in total. The molecule has 1 fully saturated rings. The van der Waals surface area contributed by atoms with Crippen LogP contribution in [0.15, 0.2) is 41.3 Å². The molecule has 0 atom stereocenters. The monoisotopic (exact) mass is 453 g/mol. The lowest BCUT2D eigenvalue weighted by Gasteiger charge is -2.35. The van der Waals surface area contributed by atoms with Gasteiger partial charge < -0.3 is 9.80 Å². The Labute approximate surface area is 175 Å². The van der Waals surface area contributed by atoms with Crippen molar-refractivity contribution in [3.05, 3.63) is 69.3 Å². The molecule has 12 heteroatoms. The number of halogens is 2. The molecule has 3 rings (SSSR count). The smallest absolute Gasteiger partial charge is 0.271 e. The number of nitro benzene ring substituents is 1. The number of piperazine rings is 1. The van der Waals surface area contributed by atoms with Crippen LogP contribution >= 0.6 is 0 Å². The van der Waals surface area contributed by atoms with Gasteiger partial charge in [0, 0.05) is 55.7 Å². The molecule has 1 aliphatic rings. The molecule has 0 N–H and O–H groups in total. The highest BCUT2D eigenvalue weighted by Crippen LogP contribution is 2.23. The molecular weight excluding hydrogens is 436 g/mol. The van der Waals surface area contributed by atoms with E-state index in [0.29, 0.717) is 0 Å². The van der Waals surface area contributed by atoms with Crippen molar-refractivity contribution in [1.82, 2.24) is 9.80 Å². The maximum absolute atomic E-state index is 13.4. The van der Waals surface area contributed by atoms with E-state index in [1.54, 1.807) is 0 Å². The maximum Gasteiger partial charge on any atom is 0.271 e. The van der Waals surface area contributed by atoms with Crippen molar-refractivity contribution >= 4 is 27.3 Å². The summed E-state index contributed by atoms with van der Waals surface area (Å²) in [6.45, 7) is 0.338. The van der Waals surface area contributed by atoms with Crippen molar-refractivity contribution in [1.29, 1.82) is 0 Å². The van der Waals surface area contributed by atoms with Crippen LogP contribution in [0.1, 0.15) is 20.7 Å². The molecule has 2 amide bonds. The average molecular weight is 453 g/mol. The highest BCUT2D eigenvalue weighted by Gasteiger charge is 2.28. The summed E-state index contributed by atoms with van der Waals surface area (Å²) in [5.74, 6) is -3.36. The van der Waals surface area contributed by atoms with Gasteiger partial charge >= 0.3 is 0 Å². The number of hydrogen-bond acceptors (Lipinski definition) is 6. The summed E-state index contributed by atoms with van der Waals surface area (Å²) < 4.78 is 50.1. The summed E-state index contributed by atoms with van der Waals surface area (Å²) in [6.07, 6.45) is 0.878. The molecule has 0 aliphatic carbocycles. The van der Waals surface area contributed by atoms with Gasteiger partial charge in [0.05, 0.1) is 9.82 Å². The second-order valence-electron chi connectivity index (χ2n) is 6.96. The molecule has 2 aromatic rings. The predicted octanol–water partition coefficient (Wildman–Crippen LogP) is 1.87. The average Bonchev–Trinajstić information content (AvgIpc) is 2.73. The number of non-ortho nitro benzene ring substituents is 1. The van der Waals surface area contributed by atoms with Crippen LogP contribution < -0.4 is 0 Å². The molecule has 1 saturated heterocycles. The Morgan fingerprint density at radius 1 is 0.903 bits per heavy atom. The number of carbonyl (C=O) groups is 2. The fraction of sp³-hybridized carbons (Fsp3) is 0.263. The Bertz CT molecular complexity index is 1180. The lowest BCUT2D eigenvalue weighted by atomic mass is 10.1. The zero-order valence-corrected chi connectivity index (χ0v) is 17.1. The first-order chi connectivity index (χ1) is 14.5. The fourth-order valence-electron chi connectivity index (χ4n) is 3.13. The first-order valence-corrected chi connectivity index (χ1v) is 10.9. The molecule has 31 heavy (non-hydrogen) atoms. The molecule has 1 aliphatic heterocycles. The van der Waals surface area contributed by atoms with Crippen LogP contribution in [-0.4, -0.2) is 67.4 Å². The Morgan fingerprint density at radius 2 is 1.45 bits per heavy atom. The minimum absolute atomic E-state index is 0.0323. The molecule has 164 valence electrons. The standard InChI is InChI=1S/C19H17F2N3O6S/c1-31(29,30)15-9-13(8-14(11-15)24(27)28)19(26)23-6-4-22(5-7-23)18(25)12-2-3-16(20)17(21)10-12/h2-3,8-11H,4-7H2,1H3. The molecule has 0 unspecified atom stereocenters. The zero-order valence-electron chi connectivity index (χ0n) is 16.2. The maximum atomic E-state index is 13.4. The molecular formula is C19H17F2N3O6S. The van der Waals surface area contributed by atoms with Gasteiger partial charge in [0.15, 0.2) is 21.5 Å². The minimum Gasteiger partial charge on any atom is -0.335 e. The number of sulfone groups is 1. The third-order valence-corrected chi connectivity index (χ3v) is 5.89. The van der Waals surface area contributed by atoms with Gasteiger partial charge in [-0.25, -0.2) is 17.2 Å². The van der Waals surface area contributed by atoms with Crippen molar-refractivity contribution in [2.45, 2.75) is 4.90 Å². The van der Waals surface area contributed by atoms with E-state index >= 15 is 0 Å². The number of nitro groups is 1. The number of benzene rings is 2. The van der Waals surface area contributed by atoms with Crippen LogP contribution in [0.5, 0.6) is 0 Å². The third kappa shape index (κ3) is 4.85. The van der Waals surface area contributed by atoms with Gasteiger partial charge in [0.1, 0.15) is 0 Å². The molecule has 0 aromatic heterocycles. The molecule has 0 bridgehead atoms. The summed E-state index contributed by atoms with van der Waals surface area (Å²) in [6, 6.07) is 5.76. The van der Waals surface area contributed by atoms with Crippen molar-refractivity contribution in [3.8, 4) is 0 Å². The van der Waals surface area contributed by atoms with Gasteiger partial charge in [0.2, 0.25) is 0 Å². The van der Waals surface area contributed by atoms with Crippen LogP contribution in [-0.2, 0) is 9.84 Å². The van der Waals surface area contributed by atoms with Crippen molar-refractivity contribution in [2.75, 3.05) is 32.4 Å². The largest absolute Gasteiger partial charge is 0.335 e. The van der Waals surface area contributed by atoms with E-state index in [9.17, 15) is 36.9 Å². The summed E-state index contributed by atoms with van der Waals surface area (Å²) in [5, 5.41) is 11.1. The number of nitrogens with zero attached hydrogens (tertiary/aromatic N) is 3. The summed E-state index contributed by atoms with van der Waals surface area (Å²) >= 11 is 0. The van der Waals surface area contributed by atoms with Crippen LogP contribution in [0.3, 0.4) is 0 Å². The van der Waals surface area contributed by atoms with Gasteiger partial charge in [-0.15, -0.1) is 0 Å². The minimum atomic E-state index is -3.79. The van der Waals surface area contributed by atoms with Gasteiger partial charge in [-0.2, -0.15) is 0 Å². The van der Waals surface area contributed by atoms with Crippen molar-refractivity contribution < 1.29 is 31.7 Å². The van der Waals surface area contributed by atoms with E-state index in [1.807, 2.05) is 0 Å². The SMILES string of the molecule is CS(=O)(=O)c1cc(C(=O)N2CCN(C(=O)c3ccc(F)c(F)c3)CC2)cc([N+](=O)[O-])c1. The predicted molar refractivity (Wildman–Crippen MR) is 104 cm³/mol. The molecule has 0 spiro atoms. The van der Waals surface area contributed by atoms with Gasteiger partial charge in [-0.1, -0.05) is 0 Å². The van der Waals surface area contributed by atoms with E-state index in [0.717, 1.165) is 42.7 Å². The Hall–Kier alpha value is -3.41. The number of carbonyl (C=O) groups excluding carboxylic acids is 2. The van der Waals surface area contributed by atoms with Crippen LogP contribution in [0.2, 0.25) is 0 Å². The Morgan fingerprint density at radius 3 is 1.94 bits per heavy atom.